The van der Waals surface area contributed by atoms with Crippen LogP contribution in [0.5, 0.6) is 0 Å². The first kappa shape index (κ1) is 8.97. The number of nitrogens with zero attached hydrogens (tertiary/aromatic N) is 1. The van der Waals surface area contributed by atoms with Crippen LogP contribution in [0.25, 0.3) is 0 Å². The van der Waals surface area contributed by atoms with E-state index in [2.05, 4.69) is 4.98 Å². The van der Waals surface area contributed by atoms with Crippen molar-refractivity contribution < 1.29 is 0 Å². The summed E-state index contributed by atoms with van der Waals surface area (Å²) in [4.78, 5) is 4.19. The molecule has 1 unspecified atom stereocenters. The number of pyridine rings is 1. The highest BCUT2D eigenvalue weighted by atomic mass is 35.5. The van der Waals surface area contributed by atoms with E-state index in [1.807, 2.05) is 12.1 Å². The van der Waals surface area contributed by atoms with Gasteiger partial charge >= 0.3 is 0 Å². The SMILES string of the molecule is NC(CC1CC1)c1cccc(Cl)n1. The molecule has 1 atom stereocenters. The molecule has 0 bridgehead atoms. The minimum absolute atomic E-state index is 0.0613. The molecule has 70 valence electrons. The van der Waals surface area contributed by atoms with Crippen LogP contribution < -0.4 is 5.73 Å². The Morgan fingerprint density at radius 3 is 2.92 bits per heavy atom. The van der Waals surface area contributed by atoms with E-state index in [1.54, 1.807) is 6.07 Å². The van der Waals surface area contributed by atoms with Crippen LogP contribution in [-0.2, 0) is 0 Å². The molecule has 1 saturated carbocycles. The number of hydrogen-bond donors (Lipinski definition) is 1. The maximum atomic E-state index is 5.98. The lowest BCUT2D eigenvalue weighted by molar-refractivity contribution is 0.583. The average Bonchev–Trinajstić information content (AvgIpc) is 2.88. The molecule has 2 N–H and O–H groups in total. The Labute approximate surface area is 83.1 Å². The minimum atomic E-state index is 0.0613. The van der Waals surface area contributed by atoms with Crippen molar-refractivity contribution in [1.82, 2.24) is 4.98 Å². The smallest absolute Gasteiger partial charge is 0.129 e. The van der Waals surface area contributed by atoms with Crippen LogP contribution in [-0.4, -0.2) is 4.98 Å². The van der Waals surface area contributed by atoms with Gasteiger partial charge < -0.3 is 5.73 Å². The molecule has 2 nitrogen and oxygen atoms in total. The van der Waals surface area contributed by atoms with Crippen LogP contribution in [0, 0.1) is 5.92 Å². The first-order valence-corrected chi connectivity index (χ1v) is 5.01. The molecule has 1 fully saturated rings. The fourth-order valence-corrected chi connectivity index (χ4v) is 1.63. The van der Waals surface area contributed by atoms with Gasteiger partial charge in [0.15, 0.2) is 0 Å². The van der Waals surface area contributed by atoms with Crippen LogP contribution >= 0.6 is 11.6 Å². The number of aromatic nitrogens is 1. The zero-order chi connectivity index (χ0) is 9.26. The first-order valence-electron chi connectivity index (χ1n) is 4.64. The Hall–Kier alpha value is -0.600. The molecule has 0 saturated heterocycles. The molecule has 0 spiro atoms. The van der Waals surface area contributed by atoms with Crippen molar-refractivity contribution in [2.24, 2.45) is 11.7 Å². The molecular formula is C10H13ClN2. The summed E-state index contributed by atoms with van der Waals surface area (Å²) in [6, 6.07) is 5.68. The van der Waals surface area contributed by atoms with Gasteiger partial charge in [-0.15, -0.1) is 0 Å². The van der Waals surface area contributed by atoms with Gasteiger partial charge in [-0.05, 0) is 24.5 Å². The highest BCUT2D eigenvalue weighted by Gasteiger charge is 2.24. The summed E-state index contributed by atoms with van der Waals surface area (Å²) in [7, 11) is 0. The summed E-state index contributed by atoms with van der Waals surface area (Å²) < 4.78 is 0. The zero-order valence-corrected chi connectivity index (χ0v) is 8.17. The maximum absolute atomic E-state index is 5.98. The van der Waals surface area contributed by atoms with Gasteiger partial charge in [0.25, 0.3) is 0 Å². The molecule has 1 aliphatic carbocycles. The van der Waals surface area contributed by atoms with Crippen molar-refractivity contribution in [2.45, 2.75) is 25.3 Å². The van der Waals surface area contributed by atoms with Crippen LogP contribution in [0.3, 0.4) is 0 Å². The Kier molecular flexibility index (Phi) is 2.51. The third kappa shape index (κ3) is 2.42. The highest BCUT2D eigenvalue weighted by Crippen LogP contribution is 2.36. The summed E-state index contributed by atoms with van der Waals surface area (Å²) in [5.74, 6) is 0.829. The molecule has 0 amide bonds. The molecule has 1 aromatic rings. The topological polar surface area (TPSA) is 38.9 Å². The zero-order valence-electron chi connectivity index (χ0n) is 7.41. The highest BCUT2D eigenvalue weighted by molar-refractivity contribution is 6.29. The number of rotatable bonds is 3. The van der Waals surface area contributed by atoms with E-state index in [1.165, 1.54) is 12.8 Å². The van der Waals surface area contributed by atoms with Gasteiger partial charge in [-0.3, -0.25) is 0 Å². The fourth-order valence-electron chi connectivity index (χ4n) is 1.46. The van der Waals surface area contributed by atoms with Crippen LogP contribution in [0.15, 0.2) is 18.2 Å². The van der Waals surface area contributed by atoms with Gasteiger partial charge in [-0.2, -0.15) is 0 Å². The second-order valence-corrected chi connectivity index (χ2v) is 4.06. The predicted molar refractivity (Wildman–Crippen MR) is 53.5 cm³/mol. The van der Waals surface area contributed by atoms with E-state index in [-0.39, 0.29) is 6.04 Å². The lowest BCUT2D eigenvalue weighted by Gasteiger charge is -2.09. The standard InChI is InChI=1S/C10H13ClN2/c11-10-3-1-2-9(13-10)8(12)6-7-4-5-7/h1-3,7-8H,4-6,12H2. The third-order valence-electron chi connectivity index (χ3n) is 2.40. The molecule has 0 aliphatic heterocycles. The fraction of sp³-hybridized carbons (Fsp3) is 0.500. The molecule has 0 aromatic carbocycles. The van der Waals surface area contributed by atoms with Crippen molar-refractivity contribution >= 4 is 11.6 Å². The van der Waals surface area contributed by atoms with Crippen molar-refractivity contribution in [1.29, 1.82) is 0 Å². The molecule has 0 radical (unpaired) electrons. The van der Waals surface area contributed by atoms with Crippen molar-refractivity contribution in [3.63, 3.8) is 0 Å². The molecule has 1 aromatic heterocycles. The Balaban J connectivity index is 2.04. The van der Waals surface area contributed by atoms with Crippen molar-refractivity contribution in [3.05, 3.63) is 29.0 Å². The van der Waals surface area contributed by atoms with Gasteiger partial charge in [-0.25, -0.2) is 4.98 Å². The summed E-state index contributed by atoms with van der Waals surface area (Å²) in [6.07, 6.45) is 3.70. The number of halogens is 1. The summed E-state index contributed by atoms with van der Waals surface area (Å²) in [5.41, 5.74) is 6.90. The van der Waals surface area contributed by atoms with Gasteiger partial charge in [0.05, 0.1) is 5.69 Å². The van der Waals surface area contributed by atoms with Gasteiger partial charge in [0.2, 0.25) is 0 Å². The normalized spacial score (nSPS) is 18.6. The Morgan fingerprint density at radius 1 is 1.54 bits per heavy atom. The Bertz CT molecular complexity index is 297. The van der Waals surface area contributed by atoms with E-state index in [4.69, 9.17) is 17.3 Å². The number of hydrogen-bond acceptors (Lipinski definition) is 2. The quantitative estimate of drug-likeness (QED) is 0.755. The molecule has 3 heteroatoms. The minimum Gasteiger partial charge on any atom is -0.323 e. The van der Waals surface area contributed by atoms with Crippen LogP contribution in [0.1, 0.15) is 31.0 Å². The summed E-state index contributed by atoms with van der Waals surface area (Å²) in [6.45, 7) is 0. The van der Waals surface area contributed by atoms with E-state index >= 15 is 0 Å². The third-order valence-corrected chi connectivity index (χ3v) is 2.61. The second kappa shape index (κ2) is 3.64. The number of nitrogens with two attached hydrogens (primary N) is 1. The maximum Gasteiger partial charge on any atom is 0.129 e. The van der Waals surface area contributed by atoms with Gasteiger partial charge in [0, 0.05) is 6.04 Å². The monoisotopic (exact) mass is 196 g/mol. The average molecular weight is 197 g/mol. The van der Waals surface area contributed by atoms with E-state index < -0.39 is 0 Å². The first-order chi connectivity index (χ1) is 6.25. The largest absolute Gasteiger partial charge is 0.323 e. The van der Waals surface area contributed by atoms with Crippen LogP contribution in [0.4, 0.5) is 0 Å². The lowest BCUT2D eigenvalue weighted by atomic mass is 10.1. The second-order valence-electron chi connectivity index (χ2n) is 3.67. The molecular weight excluding hydrogens is 184 g/mol. The van der Waals surface area contributed by atoms with E-state index in [0.717, 1.165) is 18.0 Å². The molecule has 13 heavy (non-hydrogen) atoms. The van der Waals surface area contributed by atoms with Gasteiger partial charge in [0.1, 0.15) is 5.15 Å². The predicted octanol–water partition coefficient (Wildman–Crippen LogP) is 2.53. The molecule has 2 rings (SSSR count). The van der Waals surface area contributed by atoms with E-state index in [0.29, 0.717) is 5.15 Å². The molecule has 1 heterocycles. The van der Waals surface area contributed by atoms with Gasteiger partial charge in [-0.1, -0.05) is 30.5 Å². The summed E-state index contributed by atoms with van der Waals surface area (Å²) >= 11 is 5.77. The van der Waals surface area contributed by atoms with Crippen molar-refractivity contribution in [3.8, 4) is 0 Å². The summed E-state index contributed by atoms with van der Waals surface area (Å²) in [5, 5.41) is 0.531. The van der Waals surface area contributed by atoms with E-state index in [9.17, 15) is 0 Å². The Morgan fingerprint density at radius 2 is 2.31 bits per heavy atom. The molecule has 1 aliphatic rings. The van der Waals surface area contributed by atoms with Crippen molar-refractivity contribution in [2.75, 3.05) is 0 Å². The van der Waals surface area contributed by atoms with Crippen LogP contribution in [0.2, 0.25) is 5.15 Å². The lowest BCUT2D eigenvalue weighted by Crippen LogP contribution is -2.12.